The highest BCUT2D eigenvalue weighted by Gasteiger charge is 2.54. The summed E-state index contributed by atoms with van der Waals surface area (Å²) < 4.78 is 0. The van der Waals surface area contributed by atoms with Crippen LogP contribution in [0.25, 0.3) is 0 Å². The van der Waals surface area contributed by atoms with Crippen LogP contribution in [0.5, 0.6) is 0 Å². The molecule has 0 saturated carbocycles. The summed E-state index contributed by atoms with van der Waals surface area (Å²) in [5.41, 5.74) is 11.8. The van der Waals surface area contributed by atoms with Gasteiger partial charge in [-0.15, -0.1) is 23.1 Å². The van der Waals surface area contributed by atoms with Crippen molar-refractivity contribution < 1.29 is 29.5 Å². The number of amides is 3. The van der Waals surface area contributed by atoms with E-state index >= 15 is 0 Å². The van der Waals surface area contributed by atoms with Gasteiger partial charge >= 0.3 is 5.97 Å². The fourth-order valence-electron chi connectivity index (χ4n) is 4.57. The summed E-state index contributed by atoms with van der Waals surface area (Å²) >= 11 is 2.32. The Morgan fingerprint density at radius 3 is 2.69 bits per heavy atom. The number of carbonyl (C=O) groups excluding carboxylic acids is 3. The first-order chi connectivity index (χ1) is 17.3. The number of nitrogens with one attached hydrogen (secondary N) is 3. The van der Waals surface area contributed by atoms with Gasteiger partial charge < -0.3 is 26.3 Å². The lowest BCUT2D eigenvalue weighted by Crippen LogP contribution is -2.71. The third kappa shape index (κ3) is 4.11. The molecule has 36 heavy (non-hydrogen) atoms. The number of allylic oxidation sites excluding steroid dienone is 1. The van der Waals surface area contributed by atoms with Crippen molar-refractivity contribution in [3.63, 3.8) is 0 Å². The third-order valence-corrected chi connectivity index (χ3v) is 8.29. The molecule has 3 saturated heterocycles. The Kier molecular flexibility index (Phi) is 6.42. The minimum absolute atomic E-state index is 0.0239. The van der Waals surface area contributed by atoms with E-state index < -0.39 is 34.9 Å². The summed E-state index contributed by atoms with van der Waals surface area (Å²) in [5.74, 6) is -2.68. The van der Waals surface area contributed by atoms with Gasteiger partial charge in [0.05, 0.1) is 6.04 Å². The van der Waals surface area contributed by atoms with Gasteiger partial charge in [-0.25, -0.2) is 9.78 Å². The molecule has 3 fully saturated rings. The van der Waals surface area contributed by atoms with Crippen LogP contribution in [0.1, 0.15) is 12.1 Å². The number of β-lactam (4-membered cyclic amide) rings is 1. The number of oxime groups is 1. The maximum atomic E-state index is 12.9. The van der Waals surface area contributed by atoms with Gasteiger partial charge in [0, 0.05) is 36.3 Å². The summed E-state index contributed by atoms with van der Waals surface area (Å²) in [6, 6.07) is -0.999. The number of thiazole rings is 1. The Morgan fingerprint density at radius 2 is 2.06 bits per heavy atom. The first-order valence-corrected chi connectivity index (χ1v) is 12.9. The highest BCUT2D eigenvalue weighted by molar-refractivity contribution is 8.00. The number of hydrogen-bond donors (Lipinski definition) is 6. The lowest BCUT2D eigenvalue weighted by molar-refractivity contribution is -0.150. The second-order valence-corrected chi connectivity index (χ2v) is 10.4. The van der Waals surface area contributed by atoms with E-state index in [9.17, 15) is 29.5 Å². The molecule has 4 aliphatic rings. The van der Waals surface area contributed by atoms with E-state index in [4.69, 9.17) is 5.73 Å². The van der Waals surface area contributed by atoms with Crippen LogP contribution in [0, 0.1) is 0 Å². The highest BCUT2D eigenvalue weighted by Crippen LogP contribution is 2.41. The van der Waals surface area contributed by atoms with Gasteiger partial charge in [0.1, 0.15) is 22.8 Å². The van der Waals surface area contributed by atoms with E-state index in [-0.39, 0.29) is 34.2 Å². The van der Waals surface area contributed by atoms with Crippen molar-refractivity contribution in [3.8, 4) is 0 Å². The lowest BCUT2D eigenvalue weighted by Gasteiger charge is -2.49. The monoisotopic (exact) mass is 534 g/mol. The van der Waals surface area contributed by atoms with E-state index in [1.54, 1.807) is 11.0 Å². The molecular formula is C20H22N8O6S2. The van der Waals surface area contributed by atoms with E-state index in [1.165, 1.54) is 17.1 Å². The average molecular weight is 535 g/mol. The molecule has 0 spiro atoms. The van der Waals surface area contributed by atoms with E-state index in [0.717, 1.165) is 16.2 Å². The molecule has 5 heterocycles. The summed E-state index contributed by atoms with van der Waals surface area (Å²) in [7, 11) is 0. The Hall–Kier alpha value is -3.47. The first kappa shape index (κ1) is 24.2. The van der Waals surface area contributed by atoms with Gasteiger partial charge in [-0.2, -0.15) is 0 Å². The largest absolute Gasteiger partial charge is 0.477 e. The van der Waals surface area contributed by atoms with Crippen LogP contribution in [0.2, 0.25) is 0 Å². The minimum atomic E-state index is -1.30. The molecule has 0 radical (unpaired) electrons. The number of nitrogens with two attached hydrogens (primary N) is 1. The van der Waals surface area contributed by atoms with Crippen molar-refractivity contribution in [2.45, 2.75) is 23.9 Å². The number of rotatable bonds is 6. The second-order valence-electron chi connectivity index (χ2n) is 8.39. The van der Waals surface area contributed by atoms with Gasteiger partial charge in [-0.1, -0.05) is 5.16 Å². The van der Waals surface area contributed by atoms with Gasteiger partial charge in [-0.3, -0.25) is 30.1 Å². The zero-order valence-corrected chi connectivity index (χ0v) is 20.3. The lowest BCUT2D eigenvalue weighted by atomic mass is 10.0. The number of aliphatic carboxylic acids is 1. The van der Waals surface area contributed by atoms with Crippen molar-refractivity contribution in [3.05, 3.63) is 34.0 Å². The predicted octanol–water partition coefficient (Wildman–Crippen LogP) is -1.72. The number of carbonyl (C=O) groups is 4. The number of anilines is 1. The zero-order valence-electron chi connectivity index (χ0n) is 18.6. The Labute approximate surface area is 212 Å². The Morgan fingerprint density at radius 1 is 1.31 bits per heavy atom. The molecule has 16 heteroatoms. The standard InChI is InChI=1S/C20H22N8O6S2/c21-20-24-11(7-36-20)12(26-34)15(29)25-13-17(31)28-14(19(32)33)9(6-35-18(13)28)3-8-1-2-27(16(8)30)10-4-22-23-5-10/h3,7,10,13,18,22-23,34H,1-2,4-6H2,(H2,21,24)(H,25,29)(H,32,33)/t13-,18-/m1/s1. The van der Waals surface area contributed by atoms with Crippen LogP contribution in [-0.4, -0.2) is 97.3 Å². The molecule has 0 unspecified atom stereocenters. The summed E-state index contributed by atoms with van der Waals surface area (Å²) in [5, 5.41) is 25.6. The topological polar surface area (TPSA) is 203 Å². The number of hydrogen-bond acceptors (Lipinski definition) is 12. The van der Waals surface area contributed by atoms with Crippen molar-refractivity contribution in [1.82, 2.24) is 31.0 Å². The van der Waals surface area contributed by atoms with Crippen molar-refractivity contribution in [2.24, 2.45) is 5.16 Å². The van der Waals surface area contributed by atoms with Crippen LogP contribution in [0.3, 0.4) is 0 Å². The fraction of sp³-hybridized carbons (Fsp3) is 0.400. The molecule has 7 N–H and O–H groups in total. The quantitative estimate of drug-likeness (QED) is 0.0796. The molecule has 4 aliphatic heterocycles. The van der Waals surface area contributed by atoms with E-state index in [1.807, 2.05) is 0 Å². The van der Waals surface area contributed by atoms with Crippen LogP contribution < -0.4 is 21.9 Å². The van der Waals surface area contributed by atoms with Crippen molar-refractivity contribution in [1.29, 1.82) is 0 Å². The predicted molar refractivity (Wildman–Crippen MR) is 129 cm³/mol. The zero-order chi connectivity index (χ0) is 25.6. The smallest absolute Gasteiger partial charge is 0.352 e. The number of nitrogens with zero attached hydrogens (tertiary/aromatic N) is 4. The number of carboxylic acid groups (broad SMARTS) is 1. The molecule has 1 aromatic rings. The molecule has 0 aromatic carbocycles. The minimum Gasteiger partial charge on any atom is -0.477 e. The van der Waals surface area contributed by atoms with E-state index in [2.05, 4.69) is 26.3 Å². The number of aromatic nitrogens is 1. The molecule has 5 rings (SSSR count). The second kappa shape index (κ2) is 9.53. The molecule has 0 bridgehead atoms. The number of hydrazine groups is 1. The number of nitrogen functional groups attached to an aromatic ring is 1. The van der Waals surface area contributed by atoms with Gasteiger partial charge in [0.25, 0.3) is 11.8 Å². The SMILES string of the molecule is Nc1nc(C(=NO)C(=O)N[C@@H]2C(=O)N3C(C(=O)O)=C(C=C4CCN(C5CNNC5)C4=O)CS[C@H]23)cs1. The number of likely N-dealkylation sites (tertiary alicyclic amines) is 1. The maximum absolute atomic E-state index is 12.9. The van der Waals surface area contributed by atoms with Crippen LogP contribution >= 0.6 is 23.1 Å². The highest BCUT2D eigenvalue weighted by atomic mass is 32.2. The number of thioether (sulfide) groups is 1. The summed E-state index contributed by atoms with van der Waals surface area (Å²) in [6.45, 7) is 1.81. The van der Waals surface area contributed by atoms with Crippen molar-refractivity contribution in [2.75, 3.05) is 31.1 Å². The van der Waals surface area contributed by atoms with Crippen LogP contribution in [-0.2, 0) is 19.2 Å². The molecular weight excluding hydrogens is 512 g/mol. The number of carboxylic acids is 1. The van der Waals surface area contributed by atoms with Gasteiger partial charge in [0.2, 0.25) is 5.91 Å². The number of fused-ring (bicyclic) bond motifs is 1. The fourth-order valence-corrected chi connectivity index (χ4v) is 6.43. The Balaban J connectivity index is 1.33. The van der Waals surface area contributed by atoms with E-state index in [0.29, 0.717) is 37.2 Å². The Bertz CT molecular complexity index is 1240. The average Bonchev–Trinajstić information content (AvgIpc) is 3.60. The van der Waals surface area contributed by atoms with Crippen LogP contribution in [0.15, 0.2) is 33.5 Å². The van der Waals surface area contributed by atoms with Crippen LogP contribution in [0.4, 0.5) is 5.13 Å². The van der Waals surface area contributed by atoms with Gasteiger partial charge in [-0.05, 0) is 18.1 Å². The normalized spacial score (nSPS) is 26.0. The van der Waals surface area contributed by atoms with Crippen molar-refractivity contribution >= 4 is 57.6 Å². The molecule has 2 atom stereocenters. The summed E-state index contributed by atoms with van der Waals surface area (Å²) in [6.07, 6.45) is 2.06. The molecule has 1 aromatic heterocycles. The first-order valence-electron chi connectivity index (χ1n) is 10.9. The van der Waals surface area contributed by atoms with Gasteiger partial charge in [0.15, 0.2) is 10.8 Å². The third-order valence-electron chi connectivity index (χ3n) is 6.31. The molecule has 14 nitrogen and oxygen atoms in total. The molecule has 190 valence electrons. The molecule has 0 aliphatic carbocycles. The molecule has 3 amide bonds. The maximum Gasteiger partial charge on any atom is 0.352 e. The summed E-state index contributed by atoms with van der Waals surface area (Å²) in [4.78, 5) is 57.4.